The highest BCUT2D eigenvalue weighted by atomic mass is 79.9. The van der Waals surface area contributed by atoms with Crippen molar-refractivity contribution in [1.29, 1.82) is 0 Å². The van der Waals surface area contributed by atoms with Crippen molar-refractivity contribution >= 4 is 21.9 Å². The number of nitrogens with zero attached hydrogens (tertiary/aromatic N) is 3. The minimum Gasteiger partial charge on any atom is -0.357 e. The Bertz CT molecular complexity index is 653. The van der Waals surface area contributed by atoms with Gasteiger partial charge < -0.3 is 10.6 Å². The third-order valence-corrected chi connectivity index (χ3v) is 3.61. The first-order valence-electron chi connectivity index (χ1n) is 7.03. The molecule has 1 aromatic carbocycles. The van der Waals surface area contributed by atoms with Crippen LogP contribution in [0.1, 0.15) is 18.2 Å². The number of hydrogen-bond donors (Lipinski definition) is 2. The summed E-state index contributed by atoms with van der Waals surface area (Å²) in [4.78, 5) is 4.42. The first kappa shape index (κ1) is 16.5. The van der Waals surface area contributed by atoms with E-state index in [2.05, 4.69) is 36.7 Å². The Hall–Kier alpha value is -1.89. The maximum atomic E-state index is 13.7. The topological polar surface area (TPSA) is 54.2 Å². The molecule has 0 spiro atoms. The fourth-order valence-electron chi connectivity index (χ4n) is 1.92. The van der Waals surface area contributed by atoms with E-state index >= 15 is 0 Å². The molecule has 0 atom stereocenters. The lowest BCUT2D eigenvalue weighted by atomic mass is 10.2. The molecule has 118 valence electrons. The van der Waals surface area contributed by atoms with E-state index in [1.807, 2.05) is 20.0 Å². The molecule has 0 saturated heterocycles. The van der Waals surface area contributed by atoms with E-state index in [1.54, 1.807) is 23.0 Å². The van der Waals surface area contributed by atoms with Crippen LogP contribution in [0.15, 0.2) is 39.9 Å². The summed E-state index contributed by atoms with van der Waals surface area (Å²) in [7, 11) is 1.89. The molecule has 0 aliphatic carbocycles. The normalized spacial score (nSPS) is 11.5. The summed E-state index contributed by atoms with van der Waals surface area (Å²) in [6, 6.07) is 6.79. The molecule has 5 nitrogen and oxygen atoms in total. The number of benzene rings is 1. The van der Waals surface area contributed by atoms with Gasteiger partial charge in [-0.25, -0.2) is 9.38 Å². The second-order valence-electron chi connectivity index (χ2n) is 4.73. The molecule has 0 amide bonds. The Labute approximate surface area is 137 Å². The zero-order valence-corrected chi connectivity index (χ0v) is 14.2. The number of hydrogen-bond acceptors (Lipinski definition) is 2. The SMILES string of the molecule is CCNC(=NCc1cc(Br)ccc1F)NCc1ccnn1C. The monoisotopic (exact) mass is 367 g/mol. The van der Waals surface area contributed by atoms with Gasteiger partial charge in [-0.15, -0.1) is 0 Å². The zero-order chi connectivity index (χ0) is 15.9. The molecule has 0 aliphatic rings. The van der Waals surface area contributed by atoms with Gasteiger partial charge in [-0.3, -0.25) is 4.68 Å². The zero-order valence-electron chi connectivity index (χ0n) is 12.6. The smallest absolute Gasteiger partial charge is 0.191 e. The molecule has 2 N–H and O–H groups in total. The van der Waals surface area contributed by atoms with Crippen molar-refractivity contribution in [1.82, 2.24) is 20.4 Å². The van der Waals surface area contributed by atoms with Gasteiger partial charge in [-0.1, -0.05) is 15.9 Å². The predicted octanol–water partition coefficient (Wildman–Crippen LogP) is 2.58. The van der Waals surface area contributed by atoms with Crippen molar-refractivity contribution in [3.05, 3.63) is 52.0 Å². The second-order valence-corrected chi connectivity index (χ2v) is 5.65. The Balaban J connectivity index is 2.03. The molecule has 1 aromatic heterocycles. The van der Waals surface area contributed by atoms with Crippen LogP contribution in [0, 0.1) is 5.82 Å². The van der Waals surface area contributed by atoms with E-state index in [-0.39, 0.29) is 12.4 Å². The van der Waals surface area contributed by atoms with Crippen molar-refractivity contribution in [3.8, 4) is 0 Å². The van der Waals surface area contributed by atoms with E-state index in [0.717, 1.165) is 16.7 Å². The van der Waals surface area contributed by atoms with Crippen LogP contribution in [0.4, 0.5) is 4.39 Å². The van der Waals surface area contributed by atoms with Gasteiger partial charge in [0.25, 0.3) is 0 Å². The van der Waals surface area contributed by atoms with Crippen molar-refractivity contribution in [2.45, 2.75) is 20.0 Å². The highest BCUT2D eigenvalue weighted by Crippen LogP contribution is 2.16. The van der Waals surface area contributed by atoms with Gasteiger partial charge in [0, 0.05) is 29.8 Å². The summed E-state index contributed by atoms with van der Waals surface area (Å²) >= 11 is 3.34. The number of guanidine groups is 1. The molecule has 0 radical (unpaired) electrons. The van der Waals surface area contributed by atoms with E-state index in [4.69, 9.17) is 0 Å². The Kier molecular flexibility index (Phi) is 5.94. The van der Waals surface area contributed by atoms with Gasteiger partial charge in [0.05, 0.1) is 18.8 Å². The van der Waals surface area contributed by atoms with Crippen LogP contribution in [-0.2, 0) is 20.1 Å². The number of nitrogens with one attached hydrogen (secondary N) is 2. The first-order valence-corrected chi connectivity index (χ1v) is 7.82. The van der Waals surface area contributed by atoms with Gasteiger partial charge in [-0.05, 0) is 31.2 Å². The minimum absolute atomic E-state index is 0.255. The quantitative estimate of drug-likeness (QED) is 0.630. The van der Waals surface area contributed by atoms with Crippen molar-refractivity contribution < 1.29 is 4.39 Å². The van der Waals surface area contributed by atoms with Gasteiger partial charge in [0.1, 0.15) is 5.82 Å². The van der Waals surface area contributed by atoms with E-state index < -0.39 is 0 Å². The van der Waals surface area contributed by atoms with Crippen LogP contribution in [0.3, 0.4) is 0 Å². The number of aromatic nitrogens is 2. The maximum absolute atomic E-state index is 13.7. The Morgan fingerprint density at radius 2 is 2.18 bits per heavy atom. The lowest BCUT2D eigenvalue weighted by Crippen LogP contribution is -2.37. The standard InChI is InChI=1S/C15H19BrFN5/c1-3-18-15(20-10-13-6-7-21-22(13)2)19-9-11-8-12(16)4-5-14(11)17/h4-8H,3,9-10H2,1-2H3,(H2,18,19,20). The number of halogens is 2. The Morgan fingerprint density at radius 1 is 1.36 bits per heavy atom. The van der Waals surface area contributed by atoms with Crippen LogP contribution >= 0.6 is 15.9 Å². The Morgan fingerprint density at radius 3 is 2.86 bits per heavy atom. The maximum Gasteiger partial charge on any atom is 0.191 e. The molecular weight excluding hydrogens is 349 g/mol. The molecule has 0 saturated carbocycles. The highest BCUT2D eigenvalue weighted by molar-refractivity contribution is 9.10. The van der Waals surface area contributed by atoms with Crippen LogP contribution in [0.25, 0.3) is 0 Å². The van der Waals surface area contributed by atoms with Crippen LogP contribution in [0.2, 0.25) is 0 Å². The summed E-state index contributed by atoms with van der Waals surface area (Å²) < 4.78 is 16.4. The number of aryl methyl sites for hydroxylation is 1. The van der Waals surface area contributed by atoms with Crippen LogP contribution in [-0.4, -0.2) is 22.3 Å². The average Bonchev–Trinajstić information content (AvgIpc) is 2.90. The van der Waals surface area contributed by atoms with E-state index in [9.17, 15) is 4.39 Å². The molecule has 0 bridgehead atoms. The van der Waals surface area contributed by atoms with Crippen molar-refractivity contribution in [3.63, 3.8) is 0 Å². The summed E-state index contributed by atoms with van der Waals surface area (Å²) in [6.45, 7) is 3.59. The van der Waals surface area contributed by atoms with Crippen molar-refractivity contribution in [2.24, 2.45) is 12.0 Å². The van der Waals surface area contributed by atoms with E-state index in [1.165, 1.54) is 6.07 Å². The van der Waals surface area contributed by atoms with E-state index in [0.29, 0.717) is 18.1 Å². The molecule has 7 heteroatoms. The molecule has 2 aromatic rings. The highest BCUT2D eigenvalue weighted by Gasteiger charge is 2.04. The van der Waals surface area contributed by atoms with Gasteiger partial charge in [-0.2, -0.15) is 5.10 Å². The summed E-state index contributed by atoms with van der Waals surface area (Å²) in [5.41, 5.74) is 1.59. The number of aliphatic imine (C=N–C) groups is 1. The molecule has 0 unspecified atom stereocenters. The molecular formula is C15H19BrFN5. The summed E-state index contributed by atoms with van der Waals surface area (Å²) in [6.07, 6.45) is 1.75. The largest absolute Gasteiger partial charge is 0.357 e. The van der Waals surface area contributed by atoms with Gasteiger partial charge in [0.15, 0.2) is 5.96 Å². The molecule has 1 heterocycles. The van der Waals surface area contributed by atoms with Gasteiger partial charge >= 0.3 is 0 Å². The molecule has 0 fully saturated rings. The molecule has 2 rings (SSSR count). The average molecular weight is 368 g/mol. The molecule has 0 aliphatic heterocycles. The molecule has 22 heavy (non-hydrogen) atoms. The predicted molar refractivity (Wildman–Crippen MR) is 89.0 cm³/mol. The first-order chi connectivity index (χ1) is 10.6. The van der Waals surface area contributed by atoms with Gasteiger partial charge in [0.2, 0.25) is 0 Å². The van der Waals surface area contributed by atoms with Crippen LogP contribution < -0.4 is 10.6 Å². The summed E-state index contributed by atoms with van der Waals surface area (Å²) in [5.74, 6) is 0.387. The lowest BCUT2D eigenvalue weighted by molar-refractivity contribution is 0.609. The third-order valence-electron chi connectivity index (χ3n) is 3.12. The fraction of sp³-hybridized carbons (Fsp3) is 0.333. The fourth-order valence-corrected chi connectivity index (χ4v) is 2.33. The van der Waals surface area contributed by atoms with Crippen molar-refractivity contribution in [2.75, 3.05) is 6.54 Å². The second kappa shape index (κ2) is 7.93. The number of rotatable bonds is 5. The summed E-state index contributed by atoms with van der Waals surface area (Å²) in [5, 5.41) is 10.5. The lowest BCUT2D eigenvalue weighted by Gasteiger charge is -2.11. The van der Waals surface area contributed by atoms with Crippen LogP contribution in [0.5, 0.6) is 0 Å². The minimum atomic E-state index is -0.255. The third kappa shape index (κ3) is 4.56.